The third-order valence-electron chi connectivity index (χ3n) is 3.11. The predicted molar refractivity (Wildman–Crippen MR) is 65.4 cm³/mol. The molecule has 2 fully saturated rings. The fourth-order valence-electron chi connectivity index (χ4n) is 2.21. The molecule has 1 aromatic rings. The van der Waals surface area contributed by atoms with E-state index in [1.54, 1.807) is 12.3 Å². The molecule has 1 aliphatic carbocycles. The smallest absolute Gasteiger partial charge is 0.137 e. The van der Waals surface area contributed by atoms with E-state index in [-0.39, 0.29) is 12.4 Å². The van der Waals surface area contributed by atoms with Crippen LogP contribution < -0.4 is 10.1 Å². The second-order valence-electron chi connectivity index (χ2n) is 4.33. The lowest BCUT2D eigenvalue weighted by Gasteiger charge is -2.13. The predicted octanol–water partition coefficient (Wildman–Crippen LogP) is 2.29. The summed E-state index contributed by atoms with van der Waals surface area (Å²) in [5.74, 6) is 1.71. The molecule has 1 saturated carbocycles. The number of piperidine rings is 1. The van der Waals surface area contributed by atoms with Gasteiger partial charge >= 0.3 is 0 Å². The Morgan fingerprint density at radius 1 is 1.44 bits per heavy atom. The van der Waals surface area contributed by atoms with Gasteiger partial charge in [0.05, 0.1) is 6.20 Å². The van der Waals surface area contributed by atoms with Gasteiger partial charge in [-0.1, -0.05) is 11.6 Å². The van der Waals surface area contributed by atoms with Gasteiger partial charge in [-0.3, -0.25) is 0 Å². The van der Waals surface area contributed by atoms with Crippen LogP contribution >= 0.6 is 24.0 Å². The molecule has 3 nitrogen and oxygen atoms in total. The number of fused-ring (bicyclic) bond motifs is 1. The molecule has 1 aromatic heterocycles. The molecular formula is C11H14Cl2N2O. The summed E-state index contributed by atoms with van der Waals surface area (Å²) in [5, 5.41) is 4.04. The van der Waals surface area contributed by atoms with Crippen LogP contribution in [0.25, 0.3) is 0 Å². The Labute approximate surface area is 106 Å². The van der Waals surface area contributed by atoms with Crippen LogP contribution in [0.5, 0.6) is 5.75 Å². The van der Waals surface area contributed by atoms with E-state index < -0.39 is 0 Å². The van der Waals surface area contributed by atoms with Crippen LogP contribution in [-0.2, 0) is 0 Å². The summed E-state index contributed by atoms with van der Waals surface area (Å²) in [5.41, 5.74) is 0. The van der Waals surface area contributed by atoms with Crippen LogP contribution in [0.15, 0.2) is 18.3 Å². The van der Waals surface area contributed by atoms with E-state index in [0.29, 0.717) is 11.2 Å². The largest absolute Gasteiger partial charge is 0.490 e. The highest BCUT2D eigenvalue weighted by atomic mass is 35.5. The highest BCUT2D eigenvalue weighted by Gasteiger charge is 2.45. The first-order chi connectivity index (χ1) is 7.31. The lowest BCUT2D eigenvalue weighted by molar-refractivity contribution is 0.267. The molecular weight excluding hydrogens is 247 g/mol. The van der Waals surface area contributed by atoms with Gasteiger partial charge in [0.1, 0.15) is 17.5 Å². The van der Waals surface area contributed by atoms with E-state index in [0.717, 1.165) is 24.3 Å². The molecule has 16 heavy (non-hydrogen) atoms. The van der Waals surface area contributed by atoms with Gasteiger partial charge < -0.3 is 10.1 Å². The van der Waals surface area contributed by atoms with E-state index in [4.69, 9.17) is 16.3 Å². The van der Waals surface area contributed by atoms with E-state index in [2.05, 4.69) is 10.3 Å². The Kier molecular flexibility index (Phi) is 3.57. The van der Waals surface area contributed by atoms with Crippen molar-refractivity contribution in [2.45, 2.75) is 24.9 Å². The first kappa shape index (κ1) is 12.0. The number of halogens is 2. The molecule has 88 valence electrons. The molecule has 3 atom stereocenters. The summed E-state index contributed by atoms with van der Waals surface area (Å²) in [7, 11) is 0. The highest BCUT2D eigenvalue weighted by Crippen LogP contribution is 2.40. The molecule has 0 unspecified atom stereocenters. The topological polar surface area (TPSA) is 34.1 Å². The molecule has 1 aliphatic heterocycles. The van der Waals surface area contributed by atoms with Crippen LogP contribution in [0.1, 0.15) is 12.8 Å². The molecule has 0 amide bonds. The molecule has 3 rings (SSSR count). The Balaban J connectivity index is 0.000000963. The van der Waals surface area contributed by atoms with Crippen molar-refractivity contribution in [3.8, 4) is 5.75 Å². The highest BCUT2D eigenvalue weighted by molar-refractivity contribution is 6.29. The lowest BCUT2D eigenvalue weighted by Crippen LogP contribution is -2.31. The molecule has 1 saturated heterocycles. The number of nitrogens with one attached hydrogen (secondary N) is 1. The summed E-state index contributed by atoms with van der Waals surface area (Å²) in [4.78, 5) is 3.97. The summed E-state index contributed by atoms with van der Waals surface area (Å²) in [6.07, 6.45) is 4.28. The second kappa shape index (κ2) is 4.78. The minimum Gasteiger partial charge on any atom is -0.490 e. The van der Waals surface area contributed by atoms with Crippen LogP contribution in [0.2, 0.25) is 5.15 Å². The number of rotatable bonds is 3. The van der Waals surface area contributed by atoms with Crippen molar-refractivity contribution in [2.75, 3.05) is 6.61 Å². The fourth-order valence-corrected chi connectivity index (χ4v) is 2.32. The van der Waals surface area contributed by atoms with Crippen molar-refractivity contribution in [2.24, 2.45) is 5.92 Å². The number of aromatic nitrogens is 1. The zero-order valence-electron chi connectivity index (χ0n) is 8.73. The first-order valence-corrected chi connectivity index (χ1v) is 5.69. The summed E-state index contributed by atoms with van der Waals surface area (Å²) < 4.78 is 5.63. The van der Waals surface area contributed by atoms with E-state index in [1.165, 1.54) is 12.8 Å². The third-order valence-corrected chi connectivity index (χ3v) is 3.33. The Bertz CT molecular complexity index is 348. The third kappa shape index (κ3) is 2.59. The van der Waals surface area contributed by atoms with Crippen molar-refractivity contribution in [3.63, 3.8) is 0 Å². The number of pyridine rings is 1. The van der Waals surface area contributed by atoms with Gasteiger partial charge in [-0.05, 0) is 30.9 Å². The molecule has 2 heterocycles. The van der Waals surface area contributed by atoms with Crippen molar-refractivity contribution in [3.05, 3.63) is 23.5 Å². The standard InChI is InChI=1S/C11H13ClN2O.ClH/c12-11-2-1-9(5-13-11)15-6-8-3-7-4-10(7)14-8;/h1-2,5,7-8,10,14H,3-4,6H2;1H/t7-,8+,10+;/m0./s1. The minimum atomic E-state index is 0. The Morgan fingerprint density at radius 2 is 2.31 bits per heavy atom. The van der Waals surface area contributed by atoms with E-state index in [9.17, 15) is 0 Å². The SMILES string of the molecule is Cl.Clc1ccc(OC[C@H]2C[C@H]3C[C@H]3N2)cn1. The lowest BCUT2D eigenvalue weighted by atomic mass is 10.2. The van der Waals surface area contributed by atoms with Gasteiger partial charge in [0, 0.05) is 12.1 Å². The molecule has 1 N–H and O–H groups in total. The zero-order chi connectivity index (χ0) is 10.3. The number of hydrogen-bond donors (Lipinski definition) is 1. The van der Waals surface area contributed by atoms with Gasteiger partial charge in [0.25, 0.3) is 0 Å². The molecule has 5 heteroatoms. The average Bonchev–Trinajstić information content (AvgIpc) is 2.86. The summed E-state index contributed by atoms with van der Waals surface area (Å²) in [6, 6.07) is 4.90. The van der Waals surface area contributed by atoms with Crippen molar-refractivity contribution < 1.29 is 4.74 Å². The molecule has 0 aromatic carbocycles. The number of ether oxygens (including phenoxy) is 1. The maximum atomic E-state index is 5.68. The van der Waals surface area contributed by atoms with Crippen molar-refractivity contribution in [1.29, 1.82) is 0 Å². The zero-order valence-corrected chi connectivity index (χ0v) is 10.3. The molecule has 0 spiro atoms. The minimum absolute atomic E-state index is 0. The van der Waals surface area contributed by atoms with Crippen LogP contribution in [0.3, 0.4) is 0 Å². The molecule has 0 radical (unpaired) electrons. The summed E-state index contributed by atoms with van der Waals surface area (Å²) in [6.45, 7) is 0.732. The van der Waals surface area contributed by atoms with Crippen molar-refractivity contribution in [1.82, 2.24) is 10.3 Å². The van der Waals surface area contributed by atoms with Gasteiger partial charge in [-0.25, -0.2) is 4.98 Å². The normalized spacial score (nSPS) is 30.4. The van der Waals surface area contributed by atoms with Gasteiger partial charge in [0.2, 0.25) is 0 Å². The maximum absolute atomic E-state index is 5.68. The van der Waals surface area contributed by atoms with Gasteiger partial charge in [0.15, 0.2) is 0 Å². The van der Waals surface area contributed by atoms with Crippen LogP contribution in [0.4, 0.5) is 0 Å². The Hall–Kier alpha value is -0.510. The second-order valence-corrected chi connectivity index (χ2v) is 4.72. The number of hydrogen-bond acceptors (Lipinski definition) is 3. The van der Waals surface area contributed by atoms with E-state index >= 15 is 0 Å². The Morgan fingerprint density at radius 3 is 2.94 bits per heavy atom. The molecule has 2 aliphatic rings. The maximum Gasteiger partial charge on any atom is 0.137 e. The molecule has 0 bridgehead atoms. The van der Waals surface area contributed by atoms with E-state index in [1.807, 2.05) is 6.07 Å². The monoisotopic (exact) mass is 260 g/mol. The fraction of sp³-hybridized carbons (Fsp3) is 0.545. The van der Waals surface area contributed by atoms with Crippen molar-refractivity contribution >= 4 is 24.0 Å². The van der Waals surface area contributed by atoms with Crippen LogP contribution in [-0.4, -0.2) is 23.7 Å². The first-order valence-electron chi connectivity index (χ1n) is 5.31. The quantitative estimate of drug-likeness (QED) is 0.847. The average molecular weight is 261 g/mol. The summed E-state index contributed by atoms with van der Waals surface area (Å²) >= 11 is 5.68. The number of nitrogens with zero attached hydrogens (tertiary/aromatic N) is 1. The van der Waals surface area contributed by atoms with Gasteiger partial charge in [-0.15, -0.1) is 12.4 Å². The van der Waals surface area contributed by atoms with Gasteiger partial charge in [-0.2, -0.15) is 0 Å². The van der Waals surface area contributed by atoms with Crippen LogP contribution in [0, 0.1) is 5.92 Å².